The summed E-state index contributed by atoms with van der Waals surface area (Å²) in [4.78, 5) is 29.9. The average molecular weight is 374 g/mol. The number of pyridine rings is 1. The van der Waals surface area contributed by atoms with Crippen molar-refractivity contribution in [3.63, 3.8) is 0 Å². The predicted molar refractivity (Wildman–Crippen MR) is 110 cm³/mol. The molecule has 0 radical (unpaired) electrons. The van der Waals surface area contributed by atoms with E-state index in [4.69, 9.17) is 0 Å². The summed E-state index contributed by atoms with van der Waals surface area (Å²) < 4.78 is 0. The minimum Gasteiger partial charge on any atom is -0.353 e. The number of nitrogens with one attached hydrogen (secondary N) is 1. The molecule has 0 saturated carbocycles. The number of hydrogen-bond donors (Lipinski definition) is 1. The second-order valence-corrected chi connectivity index (χ2v) is 6.74. The zero-order valence-electron chi connectivity index (χ0n) is 15.7. The number of amides is 1. The Morgan fingerprint density at radius 3 is 2.18 bits per heavy atom. The van der Waals surface area contributed by atoms with Gasteiger partial charge in [-0.1, -0.05) is 23.8 Å². The highest BCUT2D eigenvalue weighted by Crippen LogP contribution is 2.17. The second-order valence-electron chi connectivity index (χ2n) is 6.74. The van der Waals surface area contributed by atoms with E-state index in [0.717, 1.165) is 49.1 Å². The number of aromatic nitrogens is 3. The summed E-state index contributed by atoms with van der Waals surface area (Å²) in [6.45, 7) is 5.41. The van der Waals surface area contributed by atoms with Gasteiger partial charge in [-0.05, 0) is 31.2 Å². The van der Waals surface area contributed by atoms with E-state index in [1.54, 1.807) is 6.20 Å². The Morgan fingerprint density at radius 2 is 1.57 bits per heavy atom. The molecule has 1 aromatic carbocycles. The van der Waals surface area contributed by atoms with Gasteiger partial charge in [0.2, 0.25) is 0 Å². The maximum atomic E-state index is 12.3. The molecule has 0 spiro atoms. The van der Waals surface area contributed by atoms with Crippen molar-refractivity contribution in [2.75, 3.05) is 41.3 Å². The summed E-state index contributed by atoms with van der Waals surface area (Å²) in [5.41, 5.74) is 2.19. The first-order valence-electron chi connectivity index (χ1n) is 9.30. The highest BCUT2D eigenvalue weighted by Gasteiger charge is 2.19. The van der Waals surface area contributed by atoms with E-state index < -0.39 is 0 Å². The van der Waals surface area contributed by atoms with Gasteiger partial charge in [-0.3, -0.25) is 4.79 Å². The van der Waals surface area contributed by atoms with Crippen LogP contribution in [0.1, 0.15) is 16.1 Å². The molecule has 28 heavy (non-hydrogen) atoms. The van der Waals surface area contributed by atoms with Gasteiger partial charge in [0.05, 0.1) is 12.4 Å². The van der Waals surface area contributed by atoms with Crippen LogP contribution in [0.2, 0.25) is 0 Å². The van der Waals surface area contributed by atoms with Gasteiger partial charge in [-0.25, -0.2) is 15.0 Å². The van der Waals surface area contributed by atoms with Gasteiger partial charge in [0.25, 0.3) is 5.91 Å². The first kappa shape index (κ1) is 17.9. The van der Waals surface area contributed by atoms with Gasteiger partial charge in [0.1, 0.15) is 17.3 Å². The van der Waals surface area contributed by atoms with E-state index in [0.29, 0.717) is 5.69 Å². The lowest BCUT2D eigenvalue weighted by molar-refractivity contribution is 0.102. The Kier molecular flexibility index (Phi) is 5.14. The topological polar surface area (TPSA) is 74.2 Å². The van der Waals surface area contributed by atoms with E-state index in [1.807, 2.05) is 55.6 Å². The molecule has 3 heterocycles. The lowest BCUT2D eigenvalue weighted by atomic mass is 10.2. The van der Waals surface area contributed by atoms with E-state index in [9.17, 15) is 4.79 Å². The summed E-state index contributed by atoms with van der Waals surface area (Å²) in [5.74, 6) is 1.52. The lowest BCUT2D eigenvalue weighted by Gasteiger charge is -2.35. The molecule has 0 unspecified atom stereocenters. The van der Waals surface area contributed by atoms with Crippen LogP contribution in [0.3, 0.4) is 0 Å². The molecule has 2 aromatic heterocycles. The highest BCUT2D eigenvalue weighted by atomic mass is 16.1. The number of aryl methyl sites for hydroxylation is 1. The molecular formula is C21H22N6O. The zero-order valence-corrected chi connectivity index (χ0v) is 15.7. The number of rotatable bonds is 4. The van der Waals surface area contributed by atoms with Crippen molar-refractivity contribution in [3.8, 4) is 0 Å². The molecule has 1 aliphatic rings. The average Bonchev–Trinajstić information content (AvgIpc) is 2.76. The summed E-state index contributed by atoms with van der Waals surface area (Å²) in [6.07, 6.45) is 5.01. The Balaban J connectivity index is 1.36. The maximum absolute atomic E-state index is 12.3. The SMILES string of the molecule is Cc1ccc(NC(=O)c2cnc(N3CCN(c4ccccn4)CC3)cn2)cc1. The first-order valence-corrected chi connectivity index (χ1v) is 9.30. The number of carbonyl (C=O) groups excluding carboxylic acids is 1. The Hall–Kier alpha value is -3.48. The van der Waals surface area contributed by atoms with E-state index in [-0.39, 0.29) is 5.91 Å². The Bertz CT molecular complexity index is 919. The van der Waals surface area contributed by atoms with Crippen LogP contribution in [-0.4, -0.2) is 47.0 Å². The predicted octanol–water partition coefficient (Wildman–Crippen LogP) is 2.76. The third kappa shape index (κ3) is 4.09. The van der Waals surface area contributed by atoms with Crippen molar-refractivity contribution in [1.82, 2.24) is 15.0 Å². The standard InChI is InChI=1S/C21H22N6O/c1-16-5-7-17(8-6-16)25-21(28)18-14-24-20(15-23-18)27-12-10-26(11-13-27)19-4-2-3-9-22-19/h2-9,14-15H,10-13H2,1H3,(H,25,28). The van der Waals surface area contributed by atoms with E-state index >= 15 is 0 Å². The summed E-state index contributed by atoms with van der Waals surface area (Å²) >= 11 is 0. The van der Waals surface area contributed by atoms with Crippen LogP contribution in [0.4, 0.5) is 17.3 Å². The molecule has 1 aliphatic heterocycles. The van der Waals surface area contributed by atoms with Gasteiger partial charge < -0.3 is 15.1 Å². The molecule has 3 aromatic rings. The van der Waals surface area contributed by atoms with Crippen molar-refractivity contribution in [1.29, 1.82) is 0 Å². The number of nitrogens with zero attached hydrogens (tertiary/aromatic N) is 5. The van der Waals surface area contributed by atoms with Crippen LogP contribution in [0.5, 0.6) is 0 Å². The van der Waals surface area contributed by atoms with Crippen LogP contribution in [0.25, 0.3) is 0 Å². The normalized spacial score (nSPS) is 14.0. The van der Waals surface area contributed by atoms with Crippen LogP contribution < -0.4 is 15.1 Å². The van der Waals surface area contributed by atoms with Gasteiger partial charge >= 0.3 is 0 Å². The molecule has 0 bridgehead atoms. The Morgan fingerprint density at radius 1 is 0.857 bits per heavy atom. The molecule has 1 N–H and O–H groups in total. The number of anilines is 3. The fourth-order valence-corrected chi connectivity index (χ4v) is 3.14. The zero-order chi connectivity index (χ0) is 19.3. The van der Waals surface area contributed by atoms with Gasteiger partial charge in [-0.15, -0.1) is 0 Å². The quantitative estimate of drug-likeness (QED) is 0.757. The molecule has 1 saturated heterocycles. The number of hydrogen-bond acceptors (Lipinski definition) is 6. The molecule has 142 valence electrons. The third-order valence-corrected chi connectivity index (χ3v) is 4.76. The van der Waals surface area contributed by atoms with Crippen LogP contribution in [-0.2, 0) is 0 Å². The van der Waals surface area contributed by atoms with Gasteiger partial charge in [-0.2, -0.15) is 0 Å². The molecule has 0 atom stereocenters. The van der Waals surface area contributed by atoms with Gasteiger partial charge in [0.15, 0.2) is 0 Å². The number of carbonyl (C=O) groups is 1. The number of piperazine rings is 1. The fourth-order valence-electron chi connectivity index (χ4n) is 3.14. The van der Waals surface area contributed by atoms with Crippen molar-refractivity contribution in [2.45, 2.75) is 6.92 Å². The van der Waals surface area contributed by atoms with Crippen molar-refractivity contribution >= 4 is 23.2 Å². The van der Waals surface area contributed by atoms with E-state index in [1.165, 1.54) is 6.20 Å². The maximum Gasteiger partial charge on any atom is 0.275 e. The second kappa shape index (κ2) is 8.04. The minimum atomic E-state index is -0.261. The summed E-state index contributed by atoms with van der Waals surface area (Å²) in [7, 11) is 0. The molecular weight excluding hydrogens is 352 g/mol. The Labute approximate surface area is 164 Å². The van der Waals surface area contributed by atoms with Crippen LogP contribution in [0.15, 0.2) is 61.1 Å². The fraction of sp³-hybridized carbons (Fsp3) is 0.238. The molecule has 0 aliphatic carbocycles. The molecule has 7 nitrogen and oxygen atoms in total. The molecule has 4 rings (SSSR count). The lowest BCUT2D eigenvalue weighted by Crippen LogP contribution is -2.47. The highest BCUT2D eigenvalue weighted by molar-refractivity contribution is 6.02. The van der Waals surface area contributed by atoms with Crippen molar-refractivity contribution < 1.29 is 4.79 Å². The largest absolute Gasteiger partial charge is 0.353 e. The minimum absolute atomic E-state index is 0.261. The molecule has 7 heteroatoms. The van der Waals surface area contributed by atoms with Gasteiger partial charge in [0, 0.05) is 38.1 Å². The van der Waals surface area contributed by atoms with Crippen molar-refractivity contribution in [3.05, 3.63) is 72.3 Å². The summed E-state index contributed by atoms with van der Waals surface area (Å²) in [6, 6.07) is 13.6. The van der Waals surface area contributed by atoms with Crippen LogP contribution >= 0.6 is 0 Å². The van der Waals surface area contributed by atoms with E-state index in [2.05, 4.69) is 30.1 Å². The summed E-state index contributed by atoms with van der Waals surface area (Å²) in [5, 5.41) is 2.84. The monoisotopic (exact) mass is 374 g/mol. The molecule has 1 fully saturated rings. The number of benzene rings is 1. The first-order chi connectivity index (χ1) is 13.7. The van der Waals surface area contributed by atoms with Crippen LogP contribution in [0, 0.1) is 6.92 Å². The molecule has 1 amide bonds. The van der Waals surface area contributed by atoms with Crippen molar-refractivity contribution in [2.24, 2.45) is 0 Å². The smallest absolute Gasteiger partial charge is 0.275 e. The third-order valence-electron chi connectivity index (χ3n) is 4.76.